The SMILES string of the molecule is Cc1cccc(C(C)C)c1NC(=O)COc1ccc(S(=O)(=O)N(C)Cc2ccccc2)cc1. The second kappa shape index (κ2) is 10.6. The van der Waals surface area contributed by atoms with Gasteiger partial charge in [0, 0.05) is 19.3 Å². The Morgan fingerprint density at radius 2 is 1.64 bits per heavy atom. The van der Waals surface area contributed by atoms with Gasteiger partial charge in [-0.3, -0.25) is 4.79 Å². The van der Waals surface area contributed by atoms with Gasteiger partial charge in [0.2, 0.25) is 10.0 Å². The molecule has 0 atom stereocenters. The van der Waals surface area contributed by atoms with Crippen LogP contribution in [0.2, 0.25) is 0 Å². The largest absolute Gasteiger partial charge is 0.484 e. The van der Waals surface area contributed by atoms with E-state index >= 15 is 0 Å². The van der Waals surface area contributed by atoms with Crippen LogP contribution in [0.1, 0.15) is 36.5 Å². The van der Waals surface area contributed by atoms with Crippen molar-refractivity contribution in [3.05, 3.63) is 89.5 Å². The standard InChI is InChI=1S/C26H30N2O4S/c1-19(2)24-12-8-9-20(3)26(24)27-25(29)18-32-22-13-15-23(16-14-22)33(30,31)28(4)17-21-10-6-5-7-11-21/h5-16,19H,17-18H2,1-4H3,(H,27,29). The normalized spacial score (nSPS) is 11.6. The molecule has 3 aromatic rings. The second-order valence-electron chi connectivity index (χ2n) is 8.25. The average Bonchev–Trinajstić information content (AvgIpc) is 2.79. The van der Waals surface area contributed by atoms with Crippen LogP contribution in [0.4, 0.5) is 5.69 Å². The highest BCUT2D eigenvalue weighted by molar-refractivity contribution is 7.89. The Hall–Kier alpha value is -3.16. The van der Waals surface area contributed by atoms with Crippen LogP contribution in [0, 0.1) is 6.92 Å². The lowest BCUT2D eigenvalue weighted by molar-refractivity contribution is -0.118. The predicted octanol–water partition coefficient (Wildman–Crippen LogP) is 4.96. The first-order valence-electron chi connectivity index (χ1n) is 10.8. The monoisotopic (exact) mass is 466 g/mol. The molecule has 7 heteroatoms. The molecule has 0 unspecified atom stereocenters. The quantitative estimate of drug-likeness (QED) is 0.484. The summed E-state index contributed by atoms with van der Waals surface area (Å²) in [6, 6.07) is 21.4. The van der Waals surface area contributed by atoms with Gasteiger partial charge in [0.15, 0.2) is 6.61 Å². The molecule has 33 heavy (non-hydrogen) atoms. The Balaban J connectivity index is 1.61. The van der Waals surface area contributed by atoms with Crippen LogP contribution in [0.15, 0.2) is 77.7 Å². The zero-order valence-corrected chi connectivity index (χ0v) is 20.2. The fraction of sp³-hybridized carbons (Fsp3) is 0.269. The third-order valence-electron chi connectivity index (χ3n) is 5.34. The van der Waals surface area contributed by atoms with E-state index in [0.717, 1.165) is 22.4 Å². The molecule has 1 N–H and O–H groups in total. The molecule has 0 saturated carbocycles. The van der Waals surface area contributed by atoms with Gasteiger partial charge in [-0.15, -0.1) is 0 Å². The summed E-state index contributed by atoms with van der Waals surface area (Å²) in [5, 5.41) is 2.94. The molecule has 0 bridgehead atoms. The van der Waals surface area contributed by atoms with Gasteiger partial charge in [-0.05, 0) is 53.8 Å². The maximum Gasteiger partial charge on any atom is 0.262 e. The summed E-state index contributed by atoms with van der Waals surface area (Å²) in [6.45, 7) is 6.21. The summed E-state index contributed by atoms with van der Waals surface area (Å²) in [5.41, 5.74) is 3.77. The number of carbonyl (C=O) groups excluding carboxylic acids is 1. The third-order valence-corrected chi connectivity index (χ3v) is 7.16. The number of hydrogen-bond acceptors (Lipinski definition) is 4. The Labute approximate surface area is 196 Å². The van der Waals surface area contributed by atoms with Gasteiger partial charge in [0.05, 0.1) is 4.90 Å². The summed E-state index contributed by atoms with van der Waals surface area (Å²) in [5.74, 6) is 0.421. The molecule has 6 nitrogen and oxygen atoms in total. The summed E-state index contributed by atoms with van der Waals surface area (Å²) in [6.07, 6.45) is 0. The van der Waals surface area contributed by atoms with Gasteiger partial charge in [0.25, 0.3) is 5.91 Å². The third kappa shape index (κ3) is 6.21. The molecule has 3 aromatic carbocycles. The second-order valence-corrected chi connectivity index (χ2v) is 10.3. The molecule has 0 aliphatic heterocycles. The summed E-state index contributed by atoms with van der Waals surface area (Å²) < 4.78 is 32.6. The van der Waals surface area contributed by atoms with Gasteiger partial charge < -0.3 is 10.1 Å². The highest BCUT2D eigenvalue weighted by Gasteiger charge is 2.21. The maximum atomic E-state index is 12.9. The van der Waals surface area contributed by atoms with Crippen molar-refractivity contribution in [2.24, 2.45) is 0 Å². The van der Waals surface area contributed by atoms with Crippen LogP contribution in [0.25, 0.3) is 0 Å². The molecule has 1 amide bonds. The lowest BCUT2D eigenvalue weighted by Gasteiger charge is -2.18. The number of carbonyl (C=O) groups is 1. The van der Waals surface area contributed by atoms with E-state index in [1.54, 1.807) is 19.2 Å². The van der Waals surface area contributed by atoms with E-state index in [0.29, 0.717) is 5.75 Å². The molecule has 0 aliphatic carbocycles. The average molecular weight is 467 g/mol. The molecule has 0 aromatic heterocycles. The molecule has 3 rings (SSSR count). The minimum Gasteiger partial charge on any atom is -0.484 e. The fourth-order valence-corrected chi connectivity index (χ4v) is 4.64. The number of benzene rings is 3. The number of hydrogen-bond donors (Lipinski definition) is 1. The first-order chi connectivity index (χ1) is 15.7. The van der Waals surface area contributed by atoms with Crippen molar-refractivity contribution in [2.45, 2.75) is 38.1 Å². The van der Waals surface area contributed by atoms with Gasteiger partial charge in [-0.1, -0.05) is 62.4 Å². The Kier molecular flexibility index (Phi) is 7.89. The van der Waals surface area contributed by atoms with Crippen LogP contribution in [0.3, 0.4) is 0 Å². The van der Waals surface area contributed by atoms with Crippen molar-refractivity contribution < 1.29 is 17.9 Å². The van der Waals surface area contributed by atoms with Gasteiger partial charge in [-0.25, -0.2) is 8.42 Å². The van der Waals surface area contributed by atoms with Crippen LogP contribution in [-0.4, -0.2) is 32.3 Å². The molecule has 0 heterocycles. The molecule has 0 aliphatic rings. The van der Waals surface area contributed by atoms with Crippen molar-refractivity contribution in [2.75, 3.05) is 19.0 Å². The summed E-state index contributed by atoms with van der Waals surface area (Å²) in [7, 11) is -2.10. The zero-order valence-electron chi connectivity index (χ0n) is 19.4. The van der Waals surface area contributed by atoms with Crippen molar-refractivity contribution in [1.82, 2.24) is 4.31 Å². The van der Waals surface area contributed by atoms with Crippen molar-refractivity contribution in [1.29, 1.82) is 0 Å². The van der Waals surface area contributed by atoms with E-state index in [2.05, 4.69) is 19.2 Å². The molecular weight excluding hydrogens is 436 g/mol. The molecule has 0 spiro atoms. The van der Waals surface area contributed by atoms with E-state index in [1.165, 1.54) is 16.4 Å². The van der Waals surface area contributed by atoms with Crippen molar-refractivity contribution >= 4 is 21.6 Å². The van der Waals surface area contributed by atoms with Crippen molar-refractivity contribution in [3.8, 4) is 5.75 Å². The summed E-state index contributed by atoms with van der Waals surface area (Å²) >= 11 is 0. The number of aryl methyl sites for hydroxylation is 1. The fourth-order valence-electron chi connectivity index (χ4n) is 3.48. The van der Waals surface area contributed by atoms with Gasteiger partial charge >= 0.3 is 0 Å². The lowest BCUT2D eigenvalue weighted by Crippen LogP contribution is -2.26. The zero-order chi connectivity index (χ0) is 24.0. The van der Waals surface area contributed by atoms with E-state index in [-0.39, 0.29) is 29.9 Å². The first-order valence-corrected chi connectivity index (χ1v) is 12.2. The molecular formula is C26H30N2O4S. The Morgan fingerprint density at radius 1 is 0.970 bits per heavy atom. The van der Waals surface area contributed by atoms with Crippen molar-refractivity contribution in [3.63, 3.8) is 0 Å². The number of ether oxygens (including phenoxy) is 1. The number of nitrogens with one attached hydrogen (secondary N) is 1. The van der Waals surface area contributed by atoms with Crippen LogP contribution in [-0.2, 0) is 21.4 Å². The number of anilines is 1. The minimum absolute atomic E-state index is 0.166. The predicted molar refractivity (Wildman–Crippen MR) is 131 cm³/mol. The number of nitrogens with zero attached hydrogens (tertiary/aromatic N) is 1. The van der Waals surface area contributed by atoms with E-state index in [1.807, 2.05) is 55.5 Å². The van der Waals surface area contributed by atoms with E-state index < -0.39 is 10.0 Å². The number of amides is 1. The smallest absolute Gasteiger partial charge is 0.262 e. The van der Waals surface area contributed by atoms with E-state index in [9.17, 15) is 13.2 Å². The highest BCUT2D eigenvalue weighted by Crippen LogP contribution is 2.27. The Morgan fingerprint density at radius 3 is 2.27 bits per heavy atom. The molecule has 0 fully saturated rings. The molecule has 0 radical (unpaired) electrons. The molecule has 0 saturated heterocycles. The molecule has 174 valence electrons. The first kappa shape index (κ1) is 24.5. The number of para-hydroxylation sites is 1. The van der Waals surface area contributed by atoms with Crippen LogP contribution < -0.4 is 10.1 Å². The highest BCUT2D eigenvalue weighted by atomic mass is 32.2. The Bertz CT molecular complexity index is 1190. The topological polar surface area (TPSA) is 75.7 Å². The number of rotatable bonds is 9. The number of sulfonamides is 1. The maximum absolute atomic E-state index is 12.9. The lowest BCUT2D eigenvalue weighted by atomic mass is 9.98. The summed E-state index contributed by atoms with van der Waals surface area (Å²) in [4.78, 5) is 12.6. The van der Waals surface area contributed by atoms with E-state index in [4.69, 9.17) is 4.74 Å². The van der Waals surface area contributed by atoms with Crippen LogP contribution >= 0.6 is 0 Å². The van der Waals surface area contributed by atoms with Gasteiger partial charge in [-0.2, -0.15) is 4.31 Å². The van der Waals surface area contributed by atoms with Crippen LogP contribution in [0.5, 0.6) is 5.75 Å². The minimum atomic E-state index is -3.65. The van der Waals surface area contributed by atoms with Gasteiger partial charge in [0.1, 0.15) is 5.75 Å².